The second-order valence-corrected chi connectivity index (χ2v) is 5.54. The van der Waals surface area contributed by atoms with Crippen LogP contribution in [0.1, 0.15) is 29.2 Å². The molecular formula is C18H13N3O2. The molecule has 1 aromatic heterocycles. The summed E-state index contributed by atoms with van der Waals surface area (Å²) < 4.78 is 5.36. The van der Waals surface area contributed by atoms with E-state index in [0.717, 1.165) is 35.1 Å². The summed E-state index contributed by atoms with van der Waals surface area (Å²) in [6, 6.07) is 14.9. The zero-order valence-electron chi connectivity index (χ0n) is 12.2. The van der Waals surface area contributed by atoms with Gasteiger partial charge in [-0.15, -0.1) is 0 Å². The van der Waals surface area contributed by atoms with Crippen LogP contribution >= 0.6 is 0 Å². The van der Waals surface area contributed by atoms with Crippen molar-refractivity contribution in [3.8, 4) is 28.9 Å². The van der Waals surface area contributed by atoms with E-state index in [1.807, 2.05) is 24.3 Å². The van der Waals surface area contributed by atoms with Crippen molar-refractivity contribution in [1.29, 1.82) is 5.26 Å². The standard InChI is InChI=1S/C18H13N3O2/c19-10-11-3-1-4-12(9-11)18-20-17(21-23-18)15-6-2-5-14-13(15)7-8-16(14)22/h1-6,9,16,22H,7-8H2/t16-/m1/s1. The first-order valence-corrected chi connectivity index (χ1v) is 7.41. The highest BCUT2D eigenvalue weighted by atomic mass is 16.5. The molecule has 0 saturated heterocycles. The van der Waals surface area contributed by atoms with E-state index in [1.54, 1.807) is 18.2 Å². The third-order valence-corrected chi connectivity index (χ3v) is 4.14. The molecule has 4 rings (SSSR count). The predicted octanol–water partition coefficient (Wildman–Crippen LogP) is 3.25. The number of hydrogen-bond acceptors (Lipinski definition) is 5. The van der Waals surface area contributed by atoms with Gasteiger partial charge in [-0.3, -0.25) is 0 Å². The lowest BCUT2D eigenvalue weighted by Crippen LogP contribution is -1.92. The molecule has 1 aliphatic carbocycles. The first-order chi connectivity index (χ1) is 11.3. The van der Waals surface area contributed by atoms with Gasteiger partial charge < -0.3 is 9.63 Å². The fourth-order valence-electron chi connectivity index (χ4n) is 3.01. The summed E-state index contributed by atoms with van der Waals surface area (Å²) in [7, 11) is 0. The van der Waals surface area contributed by atoms with Crippen molar-refractivity contribution < 1.29 is 9.63 Å². The van der Waals surface area contributed by atoms with Crippen molar-refractivity contribution in [1.82, 2.24) is 10.1 Å². The van der Waals surface area contributed by atoms with Gasteiger partial charge in [0, 0.05) is 11.1 Å². The van der Waals surface area contributed by atoms with Crippen LogP contribution in [0.4, 0.5) is 0 Å². The number of fused-ring (bicyclic) bond motifs is 1. The van der Waals surface area contributed by atoms with Crippen molar-refractivity contribution in [2.24, 2.45) is 0 Å². The van der Waals surface area contributed by atoms with Crippen LogP contribution < -0.4 is 0 Å². The Hall–Kier alpha value is -2.97. The van der Waals surface area contributed by atoms with Crippen LogP contribution in [0.15, 0.2) is 47.0 Å². The van der Waals surface area contributed by atoms with Gasteiger partial charge in [-0.05, 0) is 42.2 Å². The highest BCUT2D eigenvalue weighted by Gasteiger charge is 2.24. The molecule has 1 atom stereocenters. The number of nitriles is 1. The number of rotatable bonds is 2. The van der Waals surface area contributed by atoms with Crippen LogP contribution in [0, 0.1) is 11.3 Å². The number of aliphatic hydroxyl groups excluding tert-OH is 1. The Morgan fingerprint density at radius 2 is 2.09 bits per heavy atom. The van der Waals surface area contributed by atoms with E-state index in [2.05, 4.69) is 16.2 Å². The lowest BCUT2D eigenvalue weighted by molar-refractivity contribution is 0.180. The van der Waals surface area contributed by atoms with Gasteiger partial charge in [0.25, 0.3) is 5.89 Å². The summed E-state index contributed by atoms with van der Waals surface area (Å²) in [5, 5.41) is 23.1. The Labute approximate surface area is 132 Å². The average molecular weight is 303 g/mol. The van der Waals surface area contributed by atoms with Crippen LogP contribution in [0.25, 0.3) is 22.8 Å². The predicted molar refractivity (Wildman–Crippen MR) is 83.2 cm³/mol. The number of benzene rings is 2. The zero-order chi connectivity index (χ0) is 15.8. The first kappa shape index (κ1) is 13.7. The summed E-state index contributed by atoms with van der Waals surface area (Å²) in [6.45, 7) is 0. The topological polar surface area (TPSA) is 82.9 Å². The fraction of sp³-hybridized carbons (Fsp3) is 0.167. The lowest BCUT2D eigenvalue weighted by atomic mass is 10.0. The molecule has 0 amide bonds. The molecule has 23 heavy (non-hydrogen) atoms. The molecule has 5 heteroatoms. The number of aromatic nitrogens is 2. The molecule has 0 spiro atoms. The molecule has 0 bridgehead atoms. The Balaban J connectivity index is 1.76. The van der Waals surface area contributed by atoms with Crippen molar-refractivity contribution in [3.63, 3.8) is 0 Å². The molecule has 5 nitrogen and oxygen atoms in total. The van der Waals surface area contributed by atoms with E-state index in [9.17, 15) is 5.11 Å². The van der Waals surface area contributed by atoms with Crippen molar-refractivity contribution in [3.05, 3.63) is 59.2 Å². The van der Waals surface area contributed by atoms with E-state index < -0.39 is 6.10 Å². The van der Waals surface area contributed by atoms with Crippen LogP contribution in [-0.2, 0) is 6.42 Å². The fourth-order valence-corrected chi connectivity index (χ4v) is 3.01. The average Bonchev–Trinajstić information content (AvgIpc) is 3.22. The number of hydrogen-bond donors (Lipinski definition) is 1. The SMILES string of the molecule is N#Cc1cccc(-c2nc(-c3cccc4c3CC[C@H]4O)no2)c1. The van der Waals surface area contributed by atoms with Crippen LogP contribution in [0.3, 0.4) is 0 Å². The molecule has 1 aliphatic rings. The summed E-state index contributed by atoms with van der Waals surface area (Å²) in [5.41, 5.74) is 4.19. The highest BCUT2D eigenvalue weighted by molar-refractivity contribution is 5.66. The maximum absolute atomic E-state index is 10.00. The monoisotopic (exact) mass is 303 g/mol. The van der Waals surface area contributed by atoms with Gasteiger partial charge in [0.15, 0.2) is 0 Å². The lowest BCUT2D eigenvalue weighted by Gasteiger charge is -2.05. The minimum Gasteiger partial charge on any atom is -0.388 e. The quantitative estimate of drug-likeness (QED) is 0.785. The molecule has 0 aliphatic heterocycles. The van der Waals surface area contributed by atoms with Crippen LogP contribution in [0.5, 0.6) is 0 Å². The normalized spacial score (nSPS) is 16.1. The Morgan fingerprint density at radius 1 is 1.22 bits per heavy atom. The molecule has 0 fully saturated rings. The summed E-state index contributed by atoms with van der Waals surface area (Å²) in [6.07, 6.45) is 1.12. The van der Waals surface area contributed by atoms with Gasteiger partial charge in [0.05, 0.1) is 17.7 Å². The molecule has 0 radical (unpaired) electrons. The van der Waals surface area contributed by atoms with Gasteiger partial charge in [-0.1, -0.05) is 29.4 Å². The van der Waals surface area contributed by atoms with E-state index in [1.165, 1.54) is 0 Å². The first-order valence-electron chi connectivity index (χ1n) is 7.41. The van der Waals surface area contributed by atoms with Gasteiger partial charge >= 0.3 is 0 Å². The van der Waals surface area contributed by atoms with Gasteiger partial charge in [-0.25, -0.2) is 0 Å². The molecular weight excluding hydrogens is 290 g/mol. The number of aliphatic hydroxyl groups is 1. The van der Waals surface area contributed by atoms with Crippen LogP contribution in [-0.4, -0.2) is 15.2 Å². The third kappa shape index (κ3) is 2.30. The Kier molecular flexibility index (Phi) is 3.18. The zero-order valence-corrected chi connectivity index (χ0v) is 12.2. The van der Waals surface area contributed by atoms with E-state index >= 15 is 0 Å². The second kappa shape index (κ2) is 5.34. The Bertz CT molecular complexity index is 924. The summed E-state index contributed by atoms with van der Waals surface area (Å²) in [5.74, 6) is 0.890. The summed E-state index contributed by atoms with van der Waals surface area (Å²) >= 11 is 0. The molecule has 2 aromatic carbocycles. The molecule has 1 N–H and O–H groups in total. The molecule has 3 aromatic rings. The van der Waals surface area contributed by atoms with Crippen molar-refractivity contribution in [2.45, 2.75) is 18.9 Å². The summed E-state index contributed by atoms with van der Waals surface area (Å²) in [4.78, 5) is 4.46. The van der Waals surface area contributed by atoms with Gasteiger partial charge in [0.1, 0.15) is 0 Å². The van der Waals surface area contributed by atoms with Crippen LogP contribution in [0.2, 0.25) is 0 Å². The Morgan fingerprint density at radius 3 is 2.96 bits per heavy atom. The smallest absolute Gasteiger partial charge is 0.258 e. The number of nitrogens with zero attached hydrogens (tertiary/aromatic N) is 3. The molecule has 1 heterocycles. The second-order valence-electron chi connectivity index (χ2n) is 5.54. The highest BCUT2D eigenvalue weighted by Crippen LogP contribution is 2.37. The van der Waals surface area contributed by atoms with E-state index in [-0.39, 0.29) is 0 Å². The molecule has 0 unspecified atom stereocenters. The van der Waals surface area contributed by atoms with Gasteiger partial charge in [0.2, 0.25) is 5.82 Å². The van der Waals surface area contributed by atoms with Gasteiger partial charge in [-0.2, -0.15) is 10.2 Å². The van der Waals surface area contributed by atoms with E-state index in [4.69, 9.17) is 9.78 Å². The molecule has 112 valence electrons. The van der Waals surface area contributed by atoms with Crippen molar-refractivity contribution >= 4 is 0 Å². The molecule has 0 saturated carbocycles. The van der Waals surface area contributed by atoms with Crippen molar-refractivity contribution in [2.75, 3.05) is 0 Å². The van der Waals surface area contributed by atoms with E-state index in [0.29, 0.717) is 17.3 Å². The maximum Gasteiger partial charge on any atom is 0.258 e. The largest absolute Gasteiger partial charge is 0.388 e. The third-order valence-electron chi connectivity index (χ3n) is 4.14. The minimum absolute atomic E-state index is 0.383. The minimum atomic E-state index is -0.413. The maximum atomic E-state index is 10.00.